The van der Waals surface area contributed by atoms with Crippen molar-refractivity contribution in [1.82, 2.24) is 24.4 Å². The van der Waals surface area contributed by atoms with Gasteiger partial charge in [0.15, 0.2) is 0 Å². The molecular weight excluding hydrogens is 422 g/mol. The largest absolute Gasteiger partial charge is 0.346 e. The van der Waals surface area contributed by atoms with E-state index >= 15 is 0 Å². The Morgan fingerprint density at radius 1 is 1.06 bits per heavy atom. The molecule has 1 saturated carbocycles. The van der Waals surface area contributed by atoms with Crippen LogP contribution in [0.2, 0.25) is 0 Å². The van der Waals surface area contributed by atoms with Crippen molar-refractivity contribution in [3.63, 3.8) is 0 Å². The summed E-state index contributed by atoms with van der Waals surface area (Å²) in [6, 6.07) is 11.1. The number of imidazole rings is 1. The van der Waals surface area contributed by atoms with Crippen LogP contribution in [-0.2, 0) is 13.0 Å². The Labute approximate surface area is 200 Å². The predicted molar refractivity (Wildman–Crippen MR) is 137 cm³/mol. The van der Waals surface area contributed by atoms with Crippen LogP contribution in [0.1, 0.15) is 62.6 Å². The zero-order chi connectivity index (χ0) is 23.1. The molecule has 6 nitrogen and oxygen atoms in total. The van der Waals surface area contributed by atoms with Crippen molar-refractivity contribution < 1.29 is 0 Å². The number of nitrogens with one attached hydrogen (secondary N) is 2. The number of hydrogen-bond acceptors (Lipinski definition) is 3. The molecule has 3 aromatic heterocycles. The minimum absolute atomic E-state index is 0.0110. The van der Waals surface area contributed by atoms with Gasteiger partial charge in [0.25, 0.3) is 0 Å². The molecule has 178 valence electrons. The fourth-order valence-electron chi connectivity index (χ4n) is 6.42. The molecule has 1 aliphatic carbocycles. The highest BCUT2D eigenvalue weighted by atomic mass is 16.1. The van der Waals surface area contributed by atoms with Gasteiger partial charge in [-0.05, 0) is 68.2 Å². The molecule has 2 fully saturated rings. The Balaban J connectivity index is 1.26. The van der Waals surface area contributed by atoms with E-state index in [0.29, 0.717) is 5.92 Å². The summed E-state index contributed by atoms with van der Waals surface area (Å²) < 4.78 is 2.06. The van der Waals surface area contributed by atoms with E-state index in [2.05, 4.69) is 67.9 Å². The van der Waals surface area contributed by atoms with E-state index in [1.54, 1.807) is 0 Å². The molecule has 0 spiro atoms. The summed E-state index contributed by atoms with van der Waals surface area (Å²) in [5, 5.41) is 1.13. The Morgan fingerprint density at radius 2 is 1.85 bits per heavy atom. The fourth-order valence-corrected chi connectivity index (χ4v) is 6.42. The van der Waals surface area contributed by atoms with Gasteiger partial charge < -0.3 is 9.97 Å². The lowest BCUT2D eigenvalue weighted by Crippen LogP contribution is -2.33. The maximum atomic E-state index is 13.1. The van der Waals surface area contributed by atoms with E-state index in [9.17, 15) is 4.79 Å². The zero-order valence-corrected chi connectivity index (χ0v) is 20.1. The lowest BCUT2D eigenvalue weighted by molar-refractivity contribution is 0.177. The molecule has 2 aliphatic rings. The van der Waals surface area contributed by atoms with Crippen LogP contribution in [0.3, 0.4) is 0 Å². The number of fused-ring (bicyclic) bond motifs is 3. The molecule has 4 aromatic rings. The van der Waals surface area contributed by atoms with Gasteiger partial charge in [0.05, 0.1) is 17.2 Å². The van der Waals surface area contributed by atoms with Crippen molar-refractivity contribution in [2.75, 3.05) is 13.1 Å². The van der Waals surface area contributed by atoms with Crippen molar-refractivity contribution in [1.29, 1.82) is 0 Å². The van der Waals surface area contributed by atoms with E-state index < -0.39 is 0 Å². The smallest absolute Gasteiger partial charge is 0.326 e. The van der Waals surface area contributed by atoms with E-state index in [-0.39, 0.29) is 11.7 Å². The van der Waals surface area contributed by atoms with Crippen molar-refractivity contribution in [2.24, 2.45) is 11.8 Å². The average Bonchev–Trinajstić information content (AvgIpc) is 3.41. The third kappa shape index (κ3) is 3.98. The number of likely N-dealkylation sites (tertiary alicyclic amines) is 1. The monoisotopic (exact) mass is 457 g/mol. The van der Waals surface area contributed by atoms with Gasteiger partial charge in [0, 0.05) is 24.2 Å². The second-order valence-corrected chi connectivity index (χ2v) is 10.6. The Morgan fingerprint density at radius 3 is 2.65 bits per heavy atom. The number of aromatic amines is 2. The first kappa shape index (κ1) is 21.7. The molecule has 1 aromatic carbocycles. The molecule has 0 bridgehead atoms. The predicted octanol–water partition coefficient (Wildman–Crippen LogP) is 5.41. The van der Waals surface area contributed by atoms with Crippen LogP contribution in [0.4, 0.5) is 0 Å². The summed E-state index contributed by atoms with van der Waals surface area (Å²) in [7, 11) is 0. The van der Waals surface area contributed by atoms with Gasteiger partial charge in [-0.3, -0.25) is 9.47 Å². The average molecular weight is 458 g/mol. The highest BCUT2D eigenvalue weighted by Crippen LogP contribution is 2.36. The molecule has 2 N–H and O–H groups in total. The third-order valence-corrected chi connectivity index (χ3v) is 8.32. The van der Waals surface area contributed by atoms with Crippen LogP contribution in [0.15, 0.2) is 47.5 Å². The maximum Gasteiger partial charge on any atom is 0.326 e. The number of pyridine rings is 1. The molecule has 2 atom stereocenters. The van der Waals surface area contributed by atoms with E-state index in [0.717, 1.165) is 54.0 Å². The van der Waals surface area contributed by atoms with Gasteiger partial charge in [-0.1, -0.05) is 50.1 Å². The first-order chi connectivity index (χ1) is 16.7. The van der Waals surface area contributed by atoms with Crippen LogP contribution >= 0.6 is 0 Å². The normalized spacial score (nSPS) is 22.6. The van der Waals surface area contributed by atoms with Gasteiger partial charge in [-0.2, -0.15) is 0 Å². The standard InChI is InChI=1S/C28H35N5O/c1-19-7-5-6-10-24(19)33-26-23(31-28(33)34)17-30-27-25(26)22(16-29-27)18-32-13-11-21(12-14-32)15-20-8-3-2-4-9-20/h2-4,8-9,16-17,19,21,24H,5-7,10-15,18H2,1H3,(H,29,30)(H,31,34)/t19-,24+/m1/s1. The molecule has 1 aliphatic heterocycles. The SMILES string of the molecule is C[C@@H]1CCCC[C@@H]1n1c(=O)[nH]c2cnc3[nH]cc(CN4CCC(Cc5ccccc5)CC4)c3c21. The highest BCUT2D eigenvalue weighted by Gasteiger charge is 2.28. The second-order valence-electron chi connectivity index (χ2n) is 10.6. The number of hydrogen-bond donors (Lipinski definition) is 2. The minimum Gasteiger partial charge on any atom is -0.346 e. The van der Waals surface area contributed by atoms with Crippen molar-refractivity contribution in [3.05, 3.63) is 64.3 Å². The van der Waals surface area contributed by atoms with Gasteiger partial charge in [0.2, 0.25) is 0 Å². The number of H-pyrrole nitrogens is 2. The van der Waals surface area contributed by atoms with Crippen molar-refractivity contribution in [3.8, 4) is 0 Å². The van der Waals surface area contributed by atoms with E-state index in [1.807, 2.05) is 6.20 Å². The Bertz CT molecular complexity index is 1330. The summed E-state index contributed by atoms with van der Waals surface area (Å²) in [5.74, 6) is 1.28. The molecule has 34 heavy (non-hydrogen) atoms. The number of piperidine rings is 1. The summed E-state index contributed by atoms with van der Waals surface area (Å²) in [6.45, 7) is 5.43. The molecule has 1 saturated heterocycles. The van der Waals surface area contributed by atoms with Crippen molar-refractivity contribution >= 4 is 22.1 Å². The Kier molecular flexibility index (Phi) is 5.77. The van der Waals surface area contributed by atoms with Gasteiger partial charge >= 0.3 is 5.69 Å². The topological polar surface area (TPSA) is 69.7 Å². The van der Waals surface area contributed by atoms with Gasteiger partial charge in [-0.25, -0.2) is 9.78 Å². The van der Waals surface area contributed by atoms with Crippen LogP contribution < -0.4 is 5.69 Å². The van der Waals surface area contributed by atoms with Gasteiger partial charge in [0.1, 0.15) is 5.65 Å². The highest BCUT2D eigenvalue weighted by molar-refractivity contribution is 6.03. The lowest BCUT2D eigenvalue weighted by Gasteiger charge is -2.32. The number of aromatic nitrogens is 4. The first-order valence-electron chi connectivity index (χ1n) is 13.0. The third-order valence-electron chi connectivity index (χ3n) is 8.32. The van der Waals surface area contributed by atoms with Crippen LogP contribution in [0.5, 0.6) is 0 Å². The van der Waals surface area contributed by atoms with E-state index in [1.165, 1.54) is 49.7 Å². The number of nitrogens with zero attached hydrogens (tertiary/aromatic N) is 3. The summed E-state index contributed by atoms with van der Waals surface area (Å²) >= 11 is 0. The second kappa shape index (κ2) is 9.06. The Hall–Kier alpha value is -2.86. The zero-order valence-electron chi connectivity index (χ0n) is 20.1. The van der Waals surface area contributed by atoms with Crippen LogP contribution in [-0.4, -0.2) is 37.5 Å². The minimum atomic E-state index is 0.0110. The molecule has 6 rings (SSSR count). The summed E-state index contributed by atoms with van der Waals surface area (Å²) in [6.07, 6.45) is 12.3. The molecule has 4 heterocycles. The van der Waals surface area contributed by atoms with E-state index in [4.69, 9.17) is 0 Å². The maximum absolute atomic E-state index is 13.1. The fraction of sp³-hybridized carbons (Fsp3) is 0.500. The number of benzene rings is 1. The number of rotatable bonds is 5. The van der Waals surface area contributed by atoms with Gasteiger partial charge in [-0.15, -0.1) is 0 Å². The molecular formula is C28H35N5O. The van der Waals surface area contributed by atoms with Crippen molar-refractivity contribution in [2.45, 2.75) is 64.5 Å². The first-order valence-corrected chi connectivity index (χ1v) is 13.0. The molecule has 6 heteroatoms. The van der Waals surface area contributed by atoms with Crippen LogP contribution in [0, 0.1) is 11.8 Å². The molecule has 0 amide bonds. The molecule has 0 unspecified atom stereocenters. The molecule has 0 radical (unpaired) electrons. The summed E-state index contributed by atoms with van der Waals surface area (Å²) in [4.78, 5) is 26.8. The van der Waals surface area contributed by atoms with Crippen LogP contribution in [0.25, 0.3) is 22.1 Å². The quantitative estimate of drug-likeness (QED) is 0.421. The summed E-state index contributed by atoms with van der Waals surface area (Å²) in [5.41, 5.74) is 5.51. The lowest BCUT2D eigenvalue weighted by atomic mass is 9.85.